The van der Waals surface area contributed by atoms with E-state index in [-0.39, 0.29) is 35.0 Å². The Morgan fingerprint density at radius 3 is 2.21 bits per heavy atom. The van der Waals surface area contributed by atoms with Gasteiger partial charge in [-0.3, -0.25) is 14.4 Å². The first-order valence-corrected chi connectivity index (χ1v) is 12.8. The monoisotopic (exact) mass is 451 g/mol. The summed E-state index contributed by atoms with van der Waals surface area (Å²) in [6.07, 6.45) is 8.80. The molecule has 5 aliphatic rings. The van der Waals surface area contributed by atoms with Crippen LogP contribution < -0.4 is 16.0 Å². The molecule has 33 heavy (non-hydrogen) atoms. The van der Waals surface area contributed by atoms with E-state index in [1.807, 2.05) is 38.1 Å². The molecule has 3 amide bonds. The second-order valence-electron chi connectivity index (χ2n) is 11.6. The number of amides is 3. The van der Waals surface area contributed by atoms with E-state index in [1.54, 1.807) is 0 Å². The number of carbonyl (C=O) groups is 3. The summed E-state index contributed by atoms with van der Waals surface area (Å²) in [5, 5.41) is 9.12. The summed E-state index contributed by atoms with van der Waals surface area (Å²) in [6.45, 7) is 4.33. The molecule has 1 unspecified atom stereocenters. The van der Waals surface area contributed by atoms with Crippen molar-refractivity contribution < 1.29 is 14.4 Å². The van der Waals surface area contributed by atoms with E-state index in [1.165, 1.54) is 19.3 Å². The molecule has 5 saturated carbocycles. The van der Waals surface area contributed by atoms with E-state index >= 15 is 0 Å². The number of hydrogen-bond acceptors (Lipinski definition) is 3. The van der Waals surface area contributed by atoms with E-state index in [2.05, 4.69) is 16.0 Å². The Morgan fingerprint density at radius 2 is 1.64 bits per heavy atom. The SMILES string of the molecule is CC(C)C(NC(=O)C12CC3CC(CC(C3)C1)C2)C(=O)NCc1cccc(NC(=O)C2CC2)c1. The molecule has 1 aromatic rings. The zero-order chi connectivity index (χ0) is 23.2. The first kappa shape index (κ1) is 22.4. The van der Waals surface area contributed by atoms with Gasteiger partial charge in [-0.05, 0) is 92.7 Å². The molecule has 0 spiro atoms. The molecular formula is C27H37N3O3. The third-order valence-electron chi connectivity index (χ3n) is 8.37. The van der Waals surface area contributed by atoms with Gasteiger partial charge in [0.25, 0.3) is 0 Å². The maximum absolute atomic E-state index is 13.5. The van der Waals surface area contributed by atoms with E-state index in [0.29, 0.717) is 24.3 Å². The van der Waals surface area contributed by atoms with Crippen LogP contribution in [0.2, 0.25) is 0 Å². The first-order chi connectivity index (χ1) is 15.8. The van der Waals surface area contributed by atoms with Crippen LogP contribution in [0.25, 0.3) is 0 Å². The smallest absolute Gasteiger partial charge is 0.243 e. The van der Waals surface area contributed by atoms with Gasteiger partial charge in [0, 0.05) is 23.6 Å². The molecule has 0 saturated heterocycles. The summed E-state index contributed by atoms with van der Waals surface area (Å²) in [5.74, 6) is 2.27. The van der Waals surface area contributed by atoms with Gasteiger partial charge >= 0.3 is 0 Å². The van der Waals surface area contributed by atoms with Gasteiger partial charge in [-0.25, -0.2) is 0 Å². The fourth-order valence-corrected chi connectivity index (χ4v) is 6.87. The topological polar surface area (TPSA) is 87.3 Å². The van der Waals surface area contributed by atoms with Crippen molar-refractivity contribution in [3.05, 3.63) is 29.8 Å². The van der Waals surface area contributed by atoms with Crippen LogP contribution in [0.4, 0.5) is 5.69 Å². The standard InChI is InChI=1S/C27H37N3O3/c1-16(2)23(30-26(33)27-12-18-8-19(13-27)10-20(9-18)14-27)25(32)28-15-17-4-3-5-22(11-17)29-24(31)21-6-7-21/h3-5,11,16,18-21,23H,6-10,12-15H2,1-2H3,(H,28,32)(H,29,31)(H,30,33). The molecule has 0 aliphatic heterocycles. The van der Waals surface area contributed by atoms with Crippen molar-refractivity contribution in [2.24, 2.45) is 35.0 Å². The van der Waals surface area contributed by atoms with Crippen LogP contribution in [0.5, 0.6) is 0 Å². The maximum Gasteiger partial charge on any atom is 0.243 e. The molecule has 1 atom stereocenters. The third-order valence-corrected chi connectivity index (χ3v) is 8.37. The average molecular weight is 452 g/mol. The van der Waals surface area contributed by atoms with Gasteiger partial charge in [0.1, 0.15) is 6.04 Å². The normalized spacial score (nSPS) is 30.7. The molecule has 5 aliphatic carbocycles. The number of rotatable bonds is 8. The summed E-state index contributed by atoms with van der Waals surface area (Å²) >= 11 is 0. The quantitative estimate of drug-likeness (QED) is 0.558. The highest BCUT2D eigenvalue weighted by molar-refractivity contribution is 5.94. The van der Waals surface area contributed by atoms with E-state index in [9.17, 15) is 14.4 Å². The van der Waals surface area contributed by atoms with Gasteiger partial charge in [-0.2, -0.15) is 0 Å². The Hall–Kier alpha value is -2.37. The minimum absolute atomic E-state index is 0.00651. The summed E-state index contributed by atoms with van der Waals surface area (Å²) in [6, 6.07) is 7.06. The second-order valence-corrected chi connectivity index (χ2v) is 11.6. The van der Waals surface area contributed by atoms with Crippen molar-refractivity contribution >= 4 is 23.4 Å². The van der Waals surface area contributed by atoms with Crippen molar-refractivity contribution in [2.45, 2.75) is 77.8 Å². The largest absolute Gasteiger partial charge is 0.350 e. The van der Waals surface area contributed by atoms with Gasteiger partial charge in [0.2, 0.25) is 17.7 Å². The highest BCUT2D eigenvalue weighted by Gasteiger charge is 2.55. The summed E-state index contributed by atoms with van der Waals surface area (Å²) in [5.41, 5.74) is 1.43. The summed E-state index contributed by atoms with van der Waals surface area (Å²) in [7, 11) is 0. The number of carbonyl (C=O) groups excluding carboxylic acids is 3. The lowest BCUT2D eigenvalue weighted by molar-refractivity contribution is -0.149. The Kier molecular flexibility index (Phi) is 5.96. The lowest BCUT2D eigenvalue weighted by Gasteiger charge is -2.55. The zero-order valence-electron chi connectivity index (χ0n) is 19.9. The Labute approximate surface area is 196 Å². The van der Waals surface area contributed by atoms with E-state index in [4.69, 9.17) is 0 Å². The van der Waals surface area contributed by atoms with Crippen LogP contribution in [0.3, 0.4) is 0 Å². The molecule has 6 nitrogen and oxygen atoms in total. The first-order valence-electron chi connectivity index (χ1n) is 12.8. The minimum Gasteiger partial charge on any atom is -0.350 e. The predicted molar refractivity (Wildman–Crippen MR) is 127 cm³/mol. The Bertz CT molecular complexity index is 901. The lowest BCUT2D eigenvalue weighted by atomic mass is 9.49. The van der Waals surface area contributed by atoms with Gasteiger partial charge in [-0.15, -0.1) is 0 Å². The van der Waals surface area contributed by atoms with Gasteiger partial charge < -0.3 is 16.0 Å². The van der Waals surface area contributed by atoms with Crippen molar-refractivity contribution in [1.29, 1.82) is 0 Å². The molecule has 178 valence electrons. The van der Waals surface area contributed by atoms with E-state index < -0.39 is 6.04 Å². The molecular weight excluding hydrogens is 414 g/mol. The Balaban J connectivity index is 1.19. The van der Waals surface area contributed by atoms with Crippen LogP contribution in [-0.4, -0.2) is 23.8 Å². The zero-order valence-corrected chi connectivity index (χ0v) is 19.9. The van der Waals surface area contributed by atoms with Gasteiger partial charge in [-0.1, -0.05) is 26.0 Å². The molecule has 4 bridgehead atoms. The highest BCUT2D eigenvalue weighted by atomic mass is 16.2. The molecule has 5 fully saturated rings. The predicted octanol–water partition coefficient (Wildman–Crippen LogP) is 4.01. The lowest BCUT2D eigenvalue weighted by Crippen LogP contribution is -2.58. The molecule has 1 aromatic carbocycles. The number of benzene rings is 1. The van der Waals surface area contributed by atoms with Crippen LogP contribution >= 0.6 is 0 Å². The van der Waals surface area contributed by atoms with Gasteiger partial charge in [0.15, 0.2) is 0 Å². The molecule has 3 N–H and O–H groups in total. The second kappa shape index (κ2) is 8.77. The molecule has 6 rings (SSSR count). The number of hydrogen-bond donors (Lipinski definition) is 3. The fourth-order valence-electron chi connectivity index (χ4n) is 6.87. The maximum atomic E-state index is 13.5. The van der Waals surface area contributed by atoms with Crippen molar-refractivity contribution in [3.8, 4) is 0 Å². The molecule has 6 heteroatoms. The molecule has 0 radical (unpaired) electrons. The van der Waals surface area contributed by atoms with Crippen LogP contribution in [0, 0.1) is 35.0 Å². The molecule has 0 aromatic heterocycles. The Morgan fingerprint density at radius 1 is 1.00 bits per heavy atom. The number of anilines is 1. The average Bonchev–Trinajstić information content (AvgIpc) is 3.60. The van der Waals surface area contributed by atoms with Crippen LogP contribution in [0.1, 0.15) is 70.8 Å². The van der Waals surface area contributed by atoms with Gasteiger partial charge in [0.05, 0.1) is 0 Å². The molecule has 0 heterocycles. The summed E-state index contributed by atoms with van der Waals surface area (Å²) in [4.78, 5) is 38.6. The van der Waals surface area contributed by atoms with Crippen LogP contribution in [-0.2, 0) is 20.9 Å². The fraction of sp³-hybridized carbons (Fsp3) is 0.667. The number of nitrogens with one attached hydrogen (secondary N) is 3. The van der Waals surface area contributed by atoms with Crippen molar-refractivity contribution in [1.82, 2.24) is 10.6 Å². The van der Waals surface area contributed by atoms with Crippen molar-refractivity contribution in [2.75, 3.05) is 5.32 Å². The third kappa shape index (κ3) is 4.80. The minimum atomic E-state index is -0.539. The van der Waals surface area contributed by atoms with Crippen LogP contribution in [0.15, 0.2) is 24.3 Å². The van der Waals surface area contributed by atoms with Crippen molar-refractivity contribution in [3.63, 3.8) is 0 Å². The van der Waals surface area contributed by atoms with E-state index in [0.717, 1.165) is 43.4 Å². The summed E-state index contributed by atoms with van der Waals surface area (Å²) < 4.78 is 0. The highest BCUT2D eigenvalue weighted by Crippen LogP contribution is 2.60.